The average Bonchev–Trinajstić information content (AvgIpc) is 2.76. The Morgan fingerprint density at radius 3 is 2.65 bits per heavy atom. The number of para-hydroxylation sites is 1. The normalized spacial score (nSPS) is 10.9. The molecule has 0 amide bonds. The maximum absolute atomic E-state index is 6.18. The van der Waals surface area contributed by atoms with Crippen LogP contribution in [0.5, 0.6) is 0 Å². The summed E-state index contributed by atoms with van der Waals surface area (Å²) in [6, 6.07) is 14.2. The predicted molar refractivity (Wildman–Crippen MR) is 84.5 cm³/mol. The van der Waals surface area contributed by atoms with Gasteiger partial charge in [-0.25, -0.2) is 0 Å². The summed E-state index contributed by atoms with van der Waals surface area (Å²) < 4.78 is 5.56. The van der Waals surface area contributed by atoms with Crippen LogP contribution in [0.25, 0.3) is 11.0 Å². The van der Waals surface area contributed by atoms with Gasteiger partial charge in [-0.1, -0.05) is 24.3 Å². The molecule has 1 N–H and O–H groups in total. The molecule has 2 nitrogen and oxygen atoms in total. The molecule has 3 rings (SSSR count). The zero-order chi connectivity index (χ0) is 14.1. The lowest BCUT2D eigenvalue weighted by Gasteiger charge is -2.08. The monoisotopic (exact) mass is 285 g/mol. The topological polar surface area (TPSA) is 25.2 Å². The molecule has 2 aromatic carbocycles. The molecule has 0 atom stereocenters. The third-order valence-corrected chi connectivity index (χ3v) is 3.93. The van der Waals surface area contributed by atoms with Gasteiger partial charge in [-0.05, 0) is 54.8 Å². The lowest BCUT2D eigenvalue weighted by molar-refractivity contribution is 0.613. The number of halogens is 1. The van der Waals surface area contributed by atoms with Crippen molar-refractivity contribution in [2.75, 3.05) is 5.32 Å². The largest absolute Gasteiger partial charge is 0.444 e. The van der Waals surface area contributed by atoms with Crippen molar-refractivity contribution in [2.45, 2.75) is 20.4 Å². The van der Waals surface area contributed by atoms with Gasteiger partial charge in [0.2, 0.25) is 0 Å². The van der Waals surface area contributed by atoms with E-state index in [0.29, 0.717) is 11.8 Å². The summed E-state index contributed by atoms with van der Waals surface area (Å²) in [4.78, 5) is 0. The molecular formula is C17H16ClNO. The molecule has 1 aromatic heterocycles. The molecule has 20 heavy (non-hydrogen) atoms. The number of furan rings is 1. The van der Waals surface area contributed by atoms with E-state index < -0.39 is 0 Å². The Balaban J connectivity index is 1.86. The van der Waals surface area contributed by atoms with E-state index >= 15 is 0 Å². The van der Waals surface area contributed by atoms with Crippen molar-refractivity contribution < 1.29 is 4.42 Å². The number of fused-ring (bicyclic) bond motifs is 1. The molecule has 0 radical (unpaired) electrons. The summed E-state index contributed by atoms with van der Waals surface area (Å²) in [5, 5.41) is 4.93. The first-order valence-corrected chi connectivity index (χ1v) is 7.00. The van der Waals surface area contributed by atoms with Crippen LogP contribution in [0.3, 0.4) is 0 Å². The Labute approximate surface area is 123 Å². The van der Waals surface area contributed by atoms with Crippen molar-refractivity contribution in [3.63, 3.8) is 0 Å². The summed E-state index contributed by atoms with van der Waals surface area (Å²) in [6.07, 6.45) is 0. The van der Waals surface area contributed by atoms with Gasteiger partial charge in [0.1, 0.15) is 5.58 Å². The molecule has 102 valence electrons. The molecule has 1 heterocycles. The molecule has 0 saturated carbocycles. The third-order valence-electron chi connectivity index (χ3n) is 3.63. The molecule has 0 aliphatic carbocycles. The van der Waals surface area contributed by atoms with Gasteiger partial charge in [0.15, 0.2) is 5.22 Å². The van der Waals surface area contributed by atoms with Crippen molar-refractivity contribution in [1.82, 2.24) is 0 Å². The Bertz CT molecular complexity index is 761. The van der Waals surface area contributed by atoms with Crippen molar-refractivity contribution >= 4 is 28.3 Å². The van der Waals surface area contributed by atoms with Crippen LogP contribution in [-0.4, -0.2) is 0 Å². The fourth-order valence-electron chi connectivity index (χ4n) is 2.28. The summed E-state index contributed by atoms with van der Waals surface area (Å²) >= 11 is 6.18. The van der Waals surface area contributed by atoms with E-state index in [1.807, 2.05) is 24.3 Å². The second kappa shape index (κ2) is 5.22. The molecule has 0 spiro atoms. The van der Waals surface area contributed by atoms with Crippen molar-refractivity contribution in [3.05, 3.63) is 64.4 Å². The Kier molecular flexibility index (Phi) is 3.41. The van der Waals surface area contributed by atoms with E-state index in [4.69, 9.17) is 16.0 Å². The lowest BCUT2D eigenvalue weighted by atomic mass is 10.1. The highest BCUT2D eigenvalue weighted by Crippen LogP contribution is 2.30. The fraction of sp³-hybridized carbons (Fsp3) is 0.176. The van der Waals surface area contributed by atoms with Gasteiger partial charge in [-0.3, -0.25) is 0 Å². The summed E-state index contributed by atoms with van der Waals surface area (Å²) in [5.74, 6) is 0. The van der Waals surface area contributed by atoms with E-state index in [-0.39, 0.29) is 0 Å². The number of nitrogens with one attached hydrogen (secondary N) is 1. The van der Waals surface area contributed by atoms with Crippen molar-refractivity contribution in [3.8, 4) is 0 Å². The molecule has 0 saturated heterocycles. The van der Waals surface area contributed by atoms with Crippen LogP contribution in [0.15, 0.2) is 46.9 Å². The Morgan fingerprint density at radius 2 is 1.85 bits per heavy atom. The number of hydrogen-bond acceptors (Lipinski definition) is 2. The smallest absolute Gasteiger partial charge is 0.199 e. The second-order valence-corrected chi connectivity index (χ2v) is 5.35. The highest BCUT2D eigenvalue weighted by atomic mass is 35.5. The van der Waals surface area contributed by atoms with Gasteiger partial charge in [0, 0.05) is 23.2 Å². The SMILES string of the molecule is Cc1ccc(NCc2c(Cl)oc3ccccc23)cc1C. The standard InChI is InChI=1S/C17H16ClNO/c1-11-7-8-13(9-12(11)2)19-10-15-14-5-3-4-6-16(14)20-17(15)18/h3-9,19H,10H2,1-2H3. The Morgan fingerprint density at radius 1 is 1.05 bits per heavy atom. The number of aryl methyl sites for hydroxylation is 2. The van der Waals surface area contributed by atoms with Crippen LogP contribution in [0.2, 0.25) is 5.22 Å². The summed E-state index contributed by atoms with van der Waals surface area (Å²) in [7, 11) is 0. The highest BCUT2D eigenvalue weighted by molar-refractivity contribution is 6.30. The van der Waals surface area contributed by atoms with E-state index in [0.717, 1.165) is 22.2 Å². The number of hydrogen-bond donors (Lipinski definition) is 1. The van der Waals surface area contributed by atoms with Gasteiger partial charge in [0.05, 0.1) is 0 Å². The van der Waals surface area contributed by atoms with Crippen LogP contribution in [-0.2, 0) is 6.54 Å². The molecule has 0 aliphatic rings. The molecule has 3 aromatic rings. The minimum absolute atomic E-state index is 0.461. The average molecular weight is 286 g/mol. The van der Waals surface area contributed by atoms with E-state index in [9.17, 15) is 0 Å². The minimum Gasteiger partial charge on any atom is -0.444 e. The van der Waals surface area contributed by atoms with Gasteiger partial charge in [0.25, 0.3) is 0 Å². The predicted octanol–water partition coefficient (Wildman–Crippen LogP) is 5.32. The molecule has 0 fully saturated rings. The van der Waals surface area contributed by atoms with Crippen LogP contribution >= 0.6 is 11.6 Å². The number of rotatable bonds is 3. The Hall–Kier alpha value is -1.93. The van der Waals surface area contributed by atoms with Crippen LogP contribution < -0.4 is 5.32 Å². The zero-order valence-corrected chi connectivity index (χ0v) is 12.3. The number of anilines is 1. The van der Waals surface area contributed by atoms with Crippen LogP contribution in [0, 0.1) is 13.8 Å². The zero-order valence-electron chi connectivity index (χ0n) is 11.5. The number of benzene rings is 2. The van der Waals surface area contributed by atoms with Crippen molar-refractivity contribution in [2.24, 2.45) is 0 Å². The molecule has 0 bridgehead atoms. The maximum Gasteiger partial charge on any atom is 0.199 e. The van der Waals surface area contributed by atoms with Gasteiger partial charge in [-0.2, -0.15) is 0 Å². The first-order chi connectivity index (χ1) is 9.65. The highest BCUT2D eigenvalue weighted by Gasteiger charge is 2.11. The summed E-state index contributed by atoms with van der Waals surface area (Å²) in [6.45, 7) is 4.87. The molecule has 3 heteroatoms. The fourth-order valence-corrected chi connectivity index (χ4v) is 2.53. The first kappa shape index (κ1) is 13.1. The van der Waals surface area contributed by atoms with E-state index in [1.165, 1.54) is 11.1 Å². The summed E-state index contributed by atoms with van der Waals surface area (Å²) in [5.41, 5.74) is 5.49. The maximum atomic E-state index is 6.18. The lowest BCUT2D eigenvalue weighted by Crippen LogP contribution is -1.99. The second-order valence-electron chi connectivity index (χ2n) is 5.00. The third kappa shape index (κ3) is 2.39. The molecular weight excluding hydrogens is 270 g/mol. The van der Waals surface area contributed by atoms with Gasteiger partial charge >= 0.3 is 0 Å². The molecule has 0 unspecified atom stereocenters. The van der Waals surface area contributed by atoms with Crippen LogP contribution in [0.4, 0.5) is 5.69 Å². The van der Waals surface area contributed by atoms with Gasteiger partial charge in [-0.15, -0.1) is 0 Å². The van der Waals surface area contributed by atoms with Gasteiger partial charge < -0.3 is 9.73 Å². The van der Waals surface area contributed by atoms with Crippen LogP contribution in [0.1, 0.15) is 16.7 Å². The van der Waals surface area contributed by atoms with E-state index in [1.54, 1.807) is 0 Å². The quantitative estimate of drug-likeness (QED) is 0.705. The van der Waals surface area contributed by atoms with E-state index in [2.05, 4.69) is 37.4 Å². The van der Waals surface area contributed by atoms with Crippen molar-refractivity contribution in [1.29, 1.82) is 0 Å². The molecule has 0 aliphatic heterocycles. The first-order valence-electron chi connectivity index (χ1n) is 6.62. The minimum atomic E-state index is 0.461.